The summed E-state index contributed by atoms with van der Waals surface area (Å²) < 4.78 is 46.7. The van der Waals surface area contributed by atoms with Gasteiger partial charge in [-0.2, -0.15) is 0 Å². The van der Waals surface area contributed by atoms with Gasteiger partial charge in [0, 0.05) is 5.02 Å². The Bertz CT molecular complexity index is 1050. The molecule has 0 saturated heterocycles. The van der Waals surface area contributed by atoms with Gasteiger partial charge in [0.2, 0.25) is 0 Å². The number of hydrogen-bond donors (Lipinski definition) is 0. The first-order valence-electron chi connectivity index (χ1n) is 8.52. The van der Waals surface area contributed by atoms with E-state index in [0.29, 0.717) is 16.5 Å². The van der Waals surface area contributed by atoms with E-state index in [1.807, 2.05) is 6.07 Å². The van der Waals surface area contributed by atoms with Crippen LogP contribution in [0.5, 0.6) is 5.75 Å². The van der Waals surface area contributed by atoms with Crippen molar-refractivity contribution in [2.24, 2.45) is 0 Å². The lowest BCUT2D eigenvalue weighted by molar-refractivity contribution is 0.414. The Morgan fingerprint density at radius 2 is 1.64 bits per heavy atom. The Balaban J connectivity index is 2.14. The second kappa shape index (κ2) is 8.20. The highest BCUT2D eigenvalue weighted by atomic mass is 35.5. The van der Waals surface area contributed by atoms with Crippen molar-refractivity contribution in [2.45, 2.75) is 17.9 Å². The minimum atomic E-state index is -3.97. The van der Waals surface area contributed by atoms with E-state index in [2.05, 4.69) is 0 Å². The Kier molecular flexibility index (Phi) is 5.91. The lowest BCUT2D eigenvalue weighted by atomic mass is 10.1. The summed E-state index contributed by atoms with van der Waals surface area (Å²) in [6.07, 6.45) is 0. The Morgan fingerprint density at radius 3 is 2.25 bits per heavy atom. The molecule has 0 radical (unpaired) electrons. The van der Waals surface area contributed by atoms with E-state index in [4.69, 9.17) is 16.3 Å². The monoisotopic (exact) mass is 419 g/mol. The van der Waals surface area contributed by atoms with E-state index >= 15 is 0 Å². The highest BCUT2D eigenvalue weighted by Crippen LogP contribution is 2.34. The minimum Gasteiger partial charge on any atom is -0.497 e. The Labute approximate surface area is 169 Å². The van der Waals surface area contributed by atoms with E-state index < -0.39 is 21.9 Å². The average molecular weight is 420 g/mol. The molecule has 0 saturated carbocycles. The summed E-state index contributed by atoms with van der Waals surface area (Å²) in [5, 5.41) is 0.497. The van der Waals surface area contributed by atoms with Crippen LogP contribution in [0.3, 0.4) is 0 Å². The summed E-state index contributed by atoms with van der Waals surface area (Å²) in [6, 6.07) is 18.0. The summed E-state index contributed by atoms with van der Waals surface area (Å²) in [5.41, 5.74) is 1.20. The summed E-state index contributed by atoms with van der Waals surface area (Å²) in [6.45, 7) is 1.78. The van der Waals surface area contributed by atoms with Crippen molar-refractivity contribution in [3.05, 3.63) is 89.2 Å². The van der Waals surface area contributed by atoms with Crippen LogP contribution in [0.1, 0.15) is 18.5 Å². The number of ether oxygens (including phenoxy) is 1. The maximum atomic E-state index is 13.4. The van der Waals surface area contributed by atoms with E-state index in [1.54, 1.807) is 56.5 Å². The number of rotatable bonds is 6. The number of halogens is 2. The Morgan fingerprint density at radius 1 is 1.00 bits per heavy atom. The fourth-order valence-corrected chi connectivity index (χ4v) is 4.69. The quantitative estimate of drug-likeness (QED) is 0.534. The number of hydrogen-bond acceptors (Lipinski definition) is 3. The molecule has 146 valence electrons. The topological polar surface area (TPSA) is 46.6 Å². The lowest BCUT2D eigenvalue weighted by Gasteiger charge is -2.31. The summed E-state index contributed by atoms with van der Waals surface area (Å²) in [5.74, 6) is 0.123. The molecule has 0 aliphatic carbocycles. The molecule has 0 fully saturated rings. The second-order valence-corrected chi connectivity index (χ2v) is 8.44. The molecule has 1 atom stereocenters. The van der Waals surface area contributed by atoms with Gasteiger partial charge in [-0.25, -0.2) is 12.8 Å². The first-order valence-corrected chi connectivity index (χ1v) is 10.3. The highest BCUT2D eigenvalue weighted by molar-refractivity contribution is 7.92. The molecular weight excluding hydrogens is 401 g/mol. The molecule has 3 aromatic rings. The smallest absolute Gasteiger partial charge is 0.264 e. The first kappa shape index (κ1) is 20.2. The third-order valence-corrected chi connectivity index (χ3v) is 6.54. The summed E-state index contributed by atoms with van der Waals surface area (Å²) >= 11 is 5.98. The van der Waals surface area contributed by atoms with Gasteiger partial charge < -0.3 is 4.74 Å². The average Bonchev–Trinajstić information content (AvgIpc) is 2.70. The normalized spacial score (nSPS) is 12.4. The molecule has 3 aromatic carbocycles. The molecule has 3 rings (SSSR count). The minimum absolute atomic E-state index is 0.00130. The summed E-state index contributed by atoms with van der Waals surface area (Å²) in [4.78, 5) is -0.00130. The van der Waals surface area contributed by atoms with Gasteiger partial charge in [0.15, 0.2) is 0 Å². The number of anilines is 1. The molecule has 0 N–H and O–H groups in total. The van der Waals surface area contributed by atoms with Crippen molar-refractivity contribution < 1.29 is 17.5 Å². The van der Waals surface area contributed by atoms with Crippen LogP contribution in [0.25, 0.3) is 0 Å². The van der Waals surface area contributed by atoms with Crippen LogP contribution in [0.2, 0.25) is 5.02 Å². The van der Waals surface area contributed by atoms with E-state index in [-0.39, 0.29) is 4.90 Å². The van der Waals surface area contributed by atoms with Crippen LogP contribution in [0.4, 0.5) is 10.1 Å². The van der Waals surface area contributed by atoms with E-state index in [0.717, 1.165) is 17.7 Å². The molecule has 0 spiro atoms. The van der Waals surface area contributed by atoms with Crippen LogP contribution in [0.15, 0.2) is 77.7 Å². The number of nitrogens with zero attached hydrogens (tertiary/aromatic N) is 1. The molecule has 0 aliphatic rings. The van der Waals surface area contributed by atoms with Crippen LogP contribution >= 0.6 is 11.6 Å². The van der Waals surface area contributed by atoms with Gasteiger partial charge in [-0.15, -0.1) is 0 Å². The molecule has 7 heteroatoms. The second-order valence-electron chi connectivity index (χ2n) is 6.18. The van der Waals surface area contributed by atoms with Crippen LogP contribution < -0.4 is 9.04 Å². The molecule has 0 aromatic heterocycles. The maximum absolute atomic E-state index is 13.4. The zero-order valence-corrected chi connectivity index (χ0v) is 16.9. The van der Waals surface area contributed by atoms with Gasteiger partial charge >= 0.3 is 0 Å². The van der Waals surface area contributed by atoms with Crippen molar-refractivity contribution in [1.82, 2.24) is 0 Å². The van der Waals surface area contributed by atoms with Crippen LogP contribution in [-0.2, 0) is 10.0 Å². The molecule has 0 amide bonds. The SMILES string of the molecule is COc1cccc([C@H](C)N(c2ccc(Cl)cc2)S(=O)(=O)c2ccc(F)cc2)c1. The van der Waals surface area contributed by atoms with Gasteiger partial charge in [0.05, 0.1) is 23.7 Å². The van der Waals surface area contributed by atoms with Crippen LogP contribution in [0, 0.1) is 5.82 Å². The third kappa shape index (κ3) is 4.13. The Hall–Kier alpha value is -2.57. The fourth-order valence-electron chi connectivity index (χ4n) is 2.92. The molecule has 4 nitrogen and oxygen atoms in total. The number of sulfonamides is 1. The molecule has 0 heterocycles. The zero-order chi connectivity index (χ0) is 20.3. The van der Waals surface area contributed by atoms with E-state index in [1.165, 1.54) is 16.4 Å². The zero-order valence-electron chi connectivity index (χ0n) is 15.3. The predicted molar refractivity (Wildman–Crippen MR) is 109 cm³/mol. The van der Waals surface area contributed by atoms with Gasteiger partial charge in [-0.1, -0.05) is 23.7 Å². The number of methoxy groups -OCH3 is 1. The van der Waals surface area contributed by atoms with Crippen molar-refractivity contribution in [2.75, 3.05) is 11.4 Å². The fraction of sp³-hybridized carbons (Fsp3) is 0.143. The van der Waals surface area contributed by atoms with Gasteiger partial charge in [0.25, 0.3) is 10.0 Å². The standard InChI is InChI=1S/C21H19ClFNO3S/c1-15(16-4-3-5-20(14-16)27-2)24(19-10-6-17(22)7-11-19)28(25,26)21-12-8-18(23)9-13-21/h3-15H,1-2H3/t15-/m0/s1. The molecule has 0 aliphatic heterocycles. The van der Waals surface area contributed by atoms with Gasteiger partial charge in [-0.3, -0.25) is 4.31 Å². The van der Waals surface area contributed by atoms with E-state index in [9.17, 15) is 12.8 Å². The molecular formula is C21H19ClFNO3S. The van der Waals surface area contributed by atoms with Crippen LogP contribution in [-0.4, -0.2) is 15.5 Å². The van der Waals surface area contributed by atoms with Gasteiger partial charge in [-0.05, 0) is 73.2 Å². The molecule has 0 bridgehead atoms. The maximum Gasteiger partial charge on any atom is 0.264 e. The largest absolute Gasteiger partial charge is 0.497 e. The van der Waals surface area contributed by atoms with Gasteiger partial charge in [0.1, 0.15) is 11.6 Å². The summed E-state index contributed by atoms with van der Waals surface area (Å²) in [7, 11) is -2.42. The van der Waals surface area contributed by atoms with Crippen molar-refractivity contribution in [3.63, 3.8) is 0 Å². The van der Waals surface area contributed by atoms with Crippen molar-refractivity contribution >= 4 is 27.3 Å². The van der Waals surface area contributed by atoms with Crippen molar-refractivity contribution in [3.8, 4) is 5.75 Å². The van der Waals surface area contributed by atoms with Crippen molar-refractivity contribution in [1.29, 1.82) is 0 Å². The highest BCUT2D eigenvalue weighted by Gasteiger charge is 2.30. The number of benzene rings is 3. The molecule has 28 heavy (non-hydrogen) atoms. The third-order valence-electron chi connectivity index (χ3n) is 4.38. The molecule has 0 unspecified atom stereocenters. The lowest BCUT2D eigenvalue weighted by Crippen LogP contribution is -2.33. The predicted octanol–water partition coefficient (Wildman–Crippen LogP) is 5.44. The first-order chi connectivity index (χ1) is 13.3.